The van der Waals surface area contributed by atoms with E-state index in [1.807, 2.05) is 72.8 Å². The van der Waals surface area contributed by atoms with Gasteiger partial charge < -0.3 is 29.7 Å². The van der Waals surface area contributed by atoms with Crippen molar-refractivity contribution in [1.82, 2.24) is 0 Å². The highest BCUT2D eigenvalue weighted by Crippen LogP contribution is 2.40. The van der Waals surface area contributed by atoms with Crippen LogP contribution in [0.5, 0.6) is 5.75 Å². The van der Waals surface area contributed by atoms with Crippen molar-refractivity contribution >= 4 is 29.3 Å². The highest BCUT2D eigenvalue weighted by Gasteiger charge is 2.32. The predicted molar refractivity (Wildman–Crippen MR) is 158 cm³/mol. The van der Waals surface area contributed by atoms with Crippen LogP contribution in [0.1, 0.15) is 67.6 Å². The highest BCUT2D eigenvalue weighted by molar-refractivity contribution is 7.99. The van der Waals surface area contributed by atoms with Gasteiger partial charge in [0.25, 0.3) is 0 Å². The summed E-state index contributed by atoms with van der Waals surface area (Å²) in [7, 11) is 1.66. The van der Waals surface area contributed by atoms with Crippen molar-refractivity contribution in [2.24, 2.45) is 0 Å². The first-order valence-corrected chi connectivity index (χ1v) is 14.8. The fourth-order valence-electron chi connectivity index (χ4n) is 4.67. The quantitative estimate of drug-likeness (QED) is 0.147. The van der Waals surface area contributed by atoms with Gasteiger partial charge in [-0.25, -0.2) is 0 Å². The normalized spacial score (nSPS) is 18.5. The lowest BCUT2D eigenvalue weighted by molar-refractivity contribution is -0.245. The maximum absolute atomic E-state index is 12.5. The third-order valence-corrected chi connectivity index (χ3v) is 8.03. The Bertz CT molecular complexity index is 1280. The fourth-order valence-corrected chi connectivity index (χ4v) is 5.72. The Balaban J connectivity index is 1.45. The predicted octanol–water partition coefficient (Wildman–Crippen LogP) is 6.50. The van der Waals surface area contributed by atoms with Gasteiger partial charge in [-0.3, -0.25) is 9.59 Å². The van der Waals surface area contributed by atoms with Gasteiger partial charge >= 0.3 is 5.97 Å². The Morgan fingerprint density at radius 2 is 1.73 bits per heavy atom. The number of hydrogen-bond donors (Lipinski definition) is 3. The molecule has 3 aromatic rings. The molecule has 4 rings (SSSR count). The lowest BCUT2D eigenvalue weighted by Gasteiger charge is -2.36. The van der Waals surface area contributed by atoms with Crippen LogP contribution in [-0.2, 0) is 25.7 Å². The number of thioether (sulfide) groups is 1. The molecule has 0 bridgehead atoms. The molecule has 3 N–H and O–H groups in total. The number of aliphatic carboxylic acids is 1. The number of aliphatic hydroxyl groups excluding tert-OH is 1. The second-order valence-corrected chi connectivity index (χ2v) is 11.0. The molecular formula is C32H37NO7S. The summed E-state index contributed by atoms with van der Waals surface area (Å²) in [4.78, 5) is 24.2. The smallest absolute Gasteiger partial charge is 0.303 e. The van der Waals surface area contributed by atoms with E-state index in [0.29, 0.717) is 43.5 Å². The number of carbonyl (C=O) groups excluding carboxylic acids is 1. The average molecular weight is 580 g/mol. The summed E-state index contributed by atoms with van der Waals surface area (Å²) in [5.41, 5.74) is 3.30. The second-order valence-electron chi connectivity index (χ2n) is 9.94. The van der Waals surface area contributed by atoms with Gasteiger partial charge in [0.2, 0.25) is 5.91 Å². The first-order valence-electron chi connectivity index (χ1n) is 13.8. The number of anilines is 1. The zero-order valence-corrected chi connectivity index (χ0v) is 24.0. The van der Waals surface area contributed by atoms with E-state index in [9.17, 15) is 14.7 Å². The van der Waals surface area contributed by atoms with Crippen molar-refractivity contribution in [3.8, 4) is 5.75 Å². The summed E-state index contributed by atoms with van der Waals surface area (Å²) in [5, 5.41) is 21.2. The highest BCUT2D eigenvalue weighted by atomic mass is 32.2. The first kappa shape index (κ1) is 30.6. The molecule has 1 heterocycles. The zero-order chi connectivity index (χ0) is 29.0. The summed E-state index contributed by atoms with van der Waals surface area (Å²) < 4.78 is 18.4. The molecule has 3 atom stereocenters. The first-order chi connectivity index (χ1) is 19.9. The van der Waals surface area contributed by atoms with Crippen LogP contribution >= 0.6 is 11.8 Å². The number of ether oxygens (including phenoxy) is 3. The minimum absolute atomic E-state index is 0.0173. The SMILES string of the molecule is COc1ccccc1SCC1CC(c2ccc(CO)cc2)OC(c2cccc(NC(=O)CCCCCC(=O)O)c2)O1. The summed E-state index contributed by atoms with van der Waals surface area (Å²) >= 11 is 1.67. The molecule has 1 amide bonds. The van der Waals surface area contributed by atoms with Gasteiger partial charge in [-0.05, 0) is 48.2 Å². The van der Waals surface area contributed by atoms with E-state index in [1.165, 1.54) is 0 Å². The van der Waals surface area contributed by atoms with Crippen LogP contribution in [0.15, 0.2) is 77.7 Å². The monoisotopic (exact) mass is 579 g/mol. The molecule has 1 aliphatic heterocycles. The Labute approximate surface area is 245 Å². The Morgan fingerprint density at radius 1 is 0.951 bits per heavy atom. The zero-order valence-electron chi connectivity index (χ0n) is 23.2. The summed E-state index contributed by atoms with van der Waals surface area (Å²) in [5.74, 6) is 0.589. The van der Waals surface area contributed by atoms with E-state index in [2.05, 4.69) is 5.32 Å². The maximum atomic E-state index is 12.5. The van der Waals surface area contributed by atoms with E-state index in [0.717, 1.165) is 27.3 Å². The Kier molecular flexibility index (Phi) is 11.6. The van der Waals surface area contributed by atoms with Crippen LogP contribution < -0.4 is 10.1 Å². The van der Waals surface area contributed by atoms with E-state index >= 15 is 0 Å². The molecule has 1 aliphatic rings. The number of methoxy groups -OCH3 is 1. The van der Waals surface area contributed by atoms with E-state index < -0.39 is 12.3 Å². The molecule has 8 nitrogen and oxygen atoms in total. The van der Waals surface area contributed by atoms with Crippen molar-refractivity contribution in [2.45, 2.75) is 68.5 Å². The van der Waals surface area contributed by atoms with Gasteiger partial charge in [0.15, 0.2) is 6.29 Å². The summed E-state index contributed by atoms with van der Waals surface area (Å²) in [6.07, 6.45) is 2.04. The van der Waals surface area contributed by atoms with Gasteiger partial charge in [0, 0.05) is 41.2 Å². The van der Waals surface area contributed by atoms with Crippen molar-refractivity contribution in [3.05, 3.63) is 89.5 Å². The number of carboxylic acid groups (broad SMARTS) is 1. The Hall–Kier alpha value is -3.37. The molecule has 3 unspecified atom stereocenters. The van der Waals surface area contributed by atoms with Gasteiger partial charge in [-0.2, -0.15) is 0 Å². The number of carboxylic acids is 1. The number of nitrogens with one attached hydrogen (secondary N) is 1. The molecule has 0 saturated carbocycles. The summed E-state index contributed by atoms with van der Waals surface area (Å²) in [6, 6.07) is 23.2. The van der Waals surface area contributed by atoms with E-state index in [-0.39, 0.29) is 31.1 Å². The van der Waals surface area contributed by atoms with Crippen molar-refractivity contribution in [3.63, 3.8) is 0 Å². The Morgan fingerprint density at radius 3 is 2.49 bits per heavy atom. The van der Waals surface area contributed by atoms with Crippen LogP contribution in [0.4, 0.5) is 5.69 Å². The number of aliphatic hydroxyl groups is 1. The lowest BCUT2D eigenvalue weighted by Crippen LogP contribution is -2.31. The number of amides is 1. The lowest BCUT2D eigenvalue weighted by atomic mass is 10.0. The van der Waals surface area contributed by atoms with Crippen LogP contribution in [0.3, 0.4) is 0 Å². The number of hydrogen-bond acceptors (Lipinski definition) is 7. The third kappa shape index (κ3) is 9.33. The topological polar surface area (TPSA) is 114 Å². The molecule has 1 fully saturated rings. The van der Waals surface area contributed by atoms with E-state index in [4.69, 9.17) is 19.3 Å². The molecule has 41 heavy (non-hydrogen) atoms. The van der Waals surface area contributed by atoms with Crippen LogP contribution in [0.25, 0.3) is 0 Å². The molecule has 9 heteroatoms. The molecular weight excluding hydrogens is 542 g/mol. The maximum Gasteiger partial charge on any atom is 0.303 e. The van der Waals surface area contributed by atoms with Crippen LogP contribution in [0, 0.1) is 0 Å². The molecule has 0 spiro atoms. The van der Waals surface area contributed by atoms with Crippen molar-refractivity contribution in [1.29, 1.82) is 0 Å². The van der Waals surface area contributed by atoms with Crippen LogP contribution in [-0.4, -0.2) is 41.1 Å². The number of benzene rings is 3. The van der Waals surface area contributed by atoms with Gasteiger partial charge in [-0.1, -0.05) is 55.0 Å². The van der Waals surface area contributed by atoms with Gasteiger partial charge in [-0.15, -0.1) is 11.8 Å². The molecule has 3 aromatic carbocycles. The molecule has 0 radical (unpaired) electrons. The molecule has 1 saturated heterocycles. The standard InChI is InChI=1S/C32H37NO7S/c1-38-27-10-5-6-11-29(27)41-21-26-19-28(23-16-14-22(20-34)15-17-23)40-32(39-26)24-8-7-9-25(18-24)33-30(35)12-3-2-4-13-31(36)37/h5-11,14-18,26,28,32,34H,2-4,12-13,19-21H2,1H3,(H,33,35)(H,36,37). The molecule has 0 aliphatic carbocycles. The van der Waals surface area contributed by atoms with E-state index in [1.54, 1.807) is 18.9 Å². The number of rotatable bonds is 14. The number of unbranched alkanes of at least 4 members (excludes halogenated alkanes) is 2. The minimum atomic E-state index is -0.816. The largest absolute Gasteiger partial charge is 0.496 e. The third-order valence-electron chi connectivity index (χ3n) is 6.85. The second kappa shape index (κ2) is 15.6. The average Bonchev–Trinajstić information content (AvgIpc) is 3.00. The summed E-state index contributed by atoms with van der Waals surface area (Å²) in [6.45, 7) is -0.0173. The number of para-hydroxylation sites is 1. The van der Waals surface area contributed by atoms with Gasteiger partial charge in [0.1, 0.15) is 5.75 Å². The van der Waals surface area contributed by atoms with Crippen molar-refractivity contribution in [2.75, 3.05) is 18.2 Å². The fraction of sp³-hybridized carbons (Fsp3) is 0.375. The minimum Gasteiger partial charge on any atom is -0.496 e. The van der Waals surface area contributed by atoms with Crippen molar-refractivity contribution < 1.29 is 34.0 Å². The molecule has 218 valence electrons. The molecule has 0 aromatic heterocycles. The van der Waals surface area contributed by atoms with Crippen LogP contribution in [0.2, 0.25) is 0 Å². The number of carbonyl (C=O) groups is 2. The van der Waals surface area contributed by atoms with Gasteiger partial charge in [0.05, 0.1) is 25.9 Å².